The molecule has 176 valence electrons. The van der Waals surface area contributed by atoms with Crippen LogP contribution in [0.2, 0.25) is 0 Å². The molecule has 0 radical (unpaired) electrons. The number of rotatable bonds is 8. The summed E-state index contributed by atoms with van der Waals surface area (Å²) in [5.74, 6) is 3.42. The Morgan fingerprint density at radius 2 is 1.31 bits per heavy atom. The monoisotopic (exact) mass is 468 g/mol. The Labute approximate surface area is 203 Å². The largest absolute Gasteiger partial charge is 0.497 e. The van der Waals surface area contributed by atoms with E-state index in [1.165, 1.54) is 0 Å². The number of furan rings is 1. The second-order valence-corrected chi connectivity index (χ2v) is 7.42. The van der Waals surface area contributed by atoms with Crippen molar-refractivity contribution in [3.05, 3.63) is 77.9 Å². The second kappa shape index (κ2) is 10.5. The molecule has 0 unspecified atom stereocenters. The summed E-state index contributed by atoms with van der Waals surface area (Å²) >= 11 is 0. The molecule has 0 spiro atoms. The number of nitrogens with zero attached hydrogens (tertiary/aromatic N) is 2. The van der Waals surface area contributed by atoms with Crippen molar-refractivity contribution in [1.29, 1.82) is 5.26 Å². The Bertz CT molecular complexity index is 1380. The van der Waals surface area contributed by atoms with E-state index in [-0.39, 0.29) is 5.88 Å². The molecule has 7 nitrogen and oxygen atoms in total. The van der Waals surface area contributed by atoms with Crippen molar-refractivity contribution >= 4 is 12.1 Å². The summed E-state index contributed by atoms with van der Waals surface area (Å²) in [6, 6.07) is 22.5. The summed E-state index contributed by atoms with van der Waals surface area (Å²) in [4.78, 5) is 4.53. The van der Waals surface area contributed by atoms with Crippen molar-refractivity contribution in [2.45, 2.75) is 0 Å². The molecule has 4 rings (SSSR count). The average molecular weight is 469 g/mol. The van der Waals surface area contributed by atoms with Gasteiger partial charge in [-0.25, -0.2) is 4.99 Å². The molecule has 0 fully saturated rings. The van der Waals surface area contributed by atoms with E-state index in [1.54, 1.807) is 52.9 Å². The lowest BCUT2D eigenvalue weighted by molar-refractivity contribution is 0.402. The van der Waals surface area contributed by atoms with Gasteiger partial charge in [0.25, 0.3) is 0 Å². The van der Waals surface area contributed by atoms with Gasteiger partial charge < -0.3 is 23.4 Å². The molecule has 35 heavy (non-hydrogen) atoms. The maximum absolute atomic E-state index is 10.1. The van der Waals surface area contributed by atoms with Crippen LogP contribution in [0.3, 0.4) is 0 Å². The summed E-state index contributed by atoms with van der Waals surface area (Å²) < 4.78 is 27.5. The molecule has 0 N–H and O–H groups in total. The molecule has 7 heteroatoms. The minimum Gasteiger partial charge on any atom is -0.497 e. The molecule has 0 saturated carbocycles. The zero-order chi connectivity index (χ0) is 24.8. The van der Waals surface area contributed by atoms with Crippen LogP contribution in [0.15, 0.2) is 76.1 Å². The van der Waals surface area contributed by atoms with Gasteiger partial charge >= 0.3 is 0 Å². The molecule has 0 amide bonds. The first-order valence-corrected chi connectivity index (χ1v) is 10.7. The van der Waals surface area contributed by atoms with Crippen LogP contribution >= 0.6 is 0 Å². The number of ether oxygens (including phenoxy) is 4. The van der Waals surface area contributed by atoms with E-state index < -0.39 is 0 Å². The predicted octanol–water partition coefficient (Wildman–Crippen LogP) is 6.27. The van der Waals surface area contributed by atoms with Gasteiger partial charge in [-0.05, 0) is 60.2 Å². The van der Waals surface area contributed by atoms with E-state index in [0.29, 0.717) is 39.7 Å². The zero-order valence-corrected chi connectivity index (χ0v) is 19.9. The summed E-state index contributed by atoms with van der Waals surface area (Å²) in [7, 11) is 6.38. The Kier molecular flexibility index (Phi) is 7.03. The lowest BCUT2D eigenvalue weighted by Crippen LogP contribution is -1.92. The molecule has 0 bridgehead atoms. The average Bonchev–Trinajstić information content (AvgIpc) is 3.30. The smallest absolute Gasteiger partial charge is 0.238 e. The van der Waals surface area contributed by atoms with Gasteiger partial charge in [0.05, 0.1) is 28.4 Å². The van der Waals surface area contributed by atoms with Crippen molar-refractivity contribution < 1.29 is 23.4 Å². The fourth-order valence-corrected chi connectivity index (χ4v) is 3.66. The lowest BCUT2D eigenvalue weighted by Gasteiger charge is -2.06. The Balaban J connectivity index is 1.87. The quantitative estimate of drug-likeness (QED) is 0.283. The van der Waals surface area contributed by atoms with Crippen molar-refractivity contribution in [2.75, 3.05) is 28.4 Å². The summed E-state index contributed by atoms with van der Waals surface area (Å²) in [6.07, 6.45) is 1.59. The van der Waals surface area contributed by atoms with Crippen molar-refractivity contribution in [3.8, 4) is 51.5 Å². The Morgan fingerprint density at radius 1 is 0.743 bits per heavy atom. The van der Waals surface area contributed by atoms with E-state index in [2.05, 4.69) is 11.1 Å². The summed E-state index contributed by atoms with van der Waals surface area (Å²) in [5, 5.41) is 10.1. The molecule has 0 aliphatic rings. The maximum Gasteiger partial charge on any atom is 0.238 e. The number of methoxy groups -OCH3 is 4. The number of hydrogen-bond donors (Lipinski definition) is 0. The normalized spacial score (nSPS) is 10.7. The first kappa shape index (κ1) is 23.5. The first-order valence-electron chi connectivity index (χ1n) is 10.7. The molecule has 1 aromatic heterocycles. The third-order valence-electron chi connectivity index (χ3n) is 5.49. The fraction of sp³-hybridized carbons (Fsp3) is 0.143. The van der Waals surface area contributed by atoms with Crippen LogP contribution in [0.5, 0.6) is 23.0 Å². The van der Waals surface area contributed by atoms with Gasteiger partial charge in [0.15, 0.2) is 0 Å². The Morgan fingerprint density at radius 3 is 1.86 bits per heavy atom. The standard InChI is InChI=1S/C28H24N2O5/c1-31-21-9-5-18(6-10-21)26-24(16-29)28(35-27(26)19-7-11-22(32-2)12-8-19)30-17-20-15-23(33-3)13-14-25(20)34-4/h5-15,17H,1-4H3/b30-17+. The predicted molar refractivity (Wildman–Crippen MR) is 134 cm³/mol. The minimum absolute atomic E-state index is 0.189. The second-order valence-electron chi connectivity index (χ2n) is 7.42. The molecule has 3 aromatic carbocycles. The third kappa shape index (κ3) is 4.82. The van der Waals surface area contributed by atoms with Gasteiger partial charge in [-0.3, -0.25) is 0 Å². The molecule has 0 atom stereocenters. The molecule has 0 saturated heterocycles. The van der Waals surface area contributed by atoms with Crippen LogP contribution in [0, 0.1) is 11.3 Å². The van der Waals surface area contributed by atoms with E-state index >= 15 is 0 Å². The number of hydrogen-bond acceptors (Lipinski definition) is 7. The van der Waals surface area contributed by atoms with Gasteiger partial charge in [0.2, 0.25) is 5.88 Å². The highest BCUT2D eigenvalue weighted by atomic mass is 16.5. The molecule has 1 heterocycles. The van der Waals surface area contributed by atoms with Crippen LogP contribution in [0.1, 0.15) is 11.1 Å². The van der Waals surface area contributed by atoms with Crippen LogP contribution in [-0.2, 0) is 0 Å². The lowest BCUT2D eigenvalue weighted by atomic mass is 9.98. The van der Waals surface area contributed by atoms with E-state index in [1.807, 2.05) is 48.5 Å². The van der Waals surface area contributed by atoms with Gasteiger partial charge in [-0.2, -0.15) is 5.26 Å². The van der Waals surface area contributed by atoms with Crippen LogP contribution in [-0.4, -0.2) is 34.7 Å². The molecule has 0 aliphatic carbocycles. The van der Waals surface area contributed by atoms with E-state index in [4.69, 9.17) is 23.4 Å². The van der Waals surface area contributed by atoms with Gasteiger partial charge in [-0.15, -0.1) is 0 Å². The van der Waals surface area contributed by atoms with Crippen molar-refractivity contribution in [1.82, 2.24) is 0 Å². The van der Waals surface area contributed by atoms with Gasteiger partial charge in [0, 0.05) is 22.9 Å². The van der Waals surface area contributed by atoms with Crippen molar-refractivity contribution in [2.24, 2.45) is 4.99 Å². The third-order valence-corrected chi connectivity index (χ3v) is 5.49. The van der Waals surface area contributed by atoms with Crippen LogP contribution in [0.25, 0.3) is 22.5 Å². The molecular formula is C28H24N2O5. The number of nitriles is 1. The summed E-state index contributed by atoms with van der Waals surface area (Å²) in [6.45, 7) is 0. The van der Waals surface area contributed by atoms with E-state index in [9.17, 15) is 5.26 Å². The number of aliphatic imine (C=N–C) groups is 1. The fourth-order valence-electron chi connectivity index (χ4n) is 3.66. The minimum atomic E-state index is 0.189. The first-order chi connectivity index (χ1) is 17.1. The number of benzene rings is 3. The maximum atomic E-state index is 10.1. The van der Waals surface area contributed by atoms with Gasteiger partial charge in [-0.1, -0.05) is 12.1 Å². The Hall–Kier alpha value is -4.70. The molecule has 4 aromatic rings. The zero-order valence-electron chi connectivity index (χ0n) is 19.9. The highest BCUT2D eigenvalue weighted by Gasteiger charge is 2.23. The highest BCUT2D eigenvalue weighted by Crippen LogP contribution is 2.43. The molecule has 0 aliphatic heterocycles. The van der Waals surface area contributed by atoms with Crippen LogP contribution in [0.4, 0.5) is 5.88 Å². The van der Waals surface area contributed by atoms with Crippen molar-refractivity contribution in [3.63, 3.8) is 0 Å². The SMILES string of the molecule is COc1ccc(-c2oc(/N=C/c3cc(OC)ccc3OC)c(C#N)c2-c2ccc(OC)cc2)cc1. The summed E-state index contributed by atoms with van der Waals surface area (Å²) in [5.41, 5.74) is 3.24. The molecular weight excluding hydrogens is 444 g/mol. The van der Waals surface area contributed by atoms with Crippen LogP contribution < -0.4 is 18.9 Å². The van der Waals surface area contributed by atoms with E-state index in [0.717, 1.165) is 16.9 Å². The topological polar surface area (TPSA) is 86.2 Å². The van der Waals surface area contributed by atoms with Gasteiger partial charge in [0.1, 0.15) is 40.4 Å². The highest BCUT2D eigenvalue weighted by molar-refractivity contribution is 5.91.